The smallest absolute Gasteiger partial charge is 0.325 e. The number of hydroxylamine groups is 2. The van der Waals surface area contributed by atoms with E-state index in [1.165, 1.54) is 37.2 Å². The molecule has 0 aromatic carbocycles. The van der Waals surface area contributed by atoms with E-state index >= 15 is 0 Å². The van der Waals surface area contributed by atoms with E-state index in [0.717, 1.165) is 12.8 Å². The first-order valence-electron chi connectivity index (χ1n) is 7.42. The van der Waals surface area contributed by atoms with Crippen molar-refractivity contribution in [3.63, 3.8) is 0 Å². The highest BCUT2D eigenvalue weighted by molar-refractivity contribution is 5.68. The van der Waals surface area contributed by atoms with Crippen LogP contribution in [0.5, 0.6) is 0 Å². The van der Waals surface area contributed by atoms with Crippen LogP contribution in [0.4, 0.5) is 0 Å². The van der Waals surface area contributed by atoms with Crippen molar-refractivity contribution in [3.05, 3.63) is 0 Å². The number of unbranched alkanes of at least 4 members (excludes halogenated alkanes) is 6. The molecule has 0 aliphatic carbocycles. The van der Waals surface area contributed by atoms with Gasteiger partial charge in [0.25, 0.3) is 0 Å². The molecule has 0 amide bonds. The summed E-state index contributed by atoms with van der Waals surface area (Å²) >= 11 is 0. The average molecular weight is 275 g/mol. The molecule has 0 atom stereocenters. The first-order chi connectivity index (χ1) is 9.24. The molecule has 0 aliphatic heterocycles. The highest BCUT2D eigenvalue weighted by atomic mass is 16.7. The number of carbonyl (C=O) groups is 1. The molecule has 0 radical (unpaired) electrons. The van der Waals surface area contributed by atoms with E-state index in [0.29, 0.717) is 6.42 Å². The van der Waals surface area contributed by atoms with Crippen molar-refractivity contribution in [1.29, 1.82) is 0 Å². The summed E-state index contributed by atoms with van der Waals surface area (Å²) in [6.07, 6.45) is 8.53. The molecule has 0 fully saturated rings. The molecule has 0 heterocycles. The summed E-state index contributed by atoms with van der Waals surface area (Å²) < 4.78 is 0. The van der Waals surface area contributed by atoms with Crippen molar-refractivity contribution in [2.45, 2.75) is 58.3 Å². The third kappa shape index (κ3) is 12.1. The highest BCUT2D eigenvalue weighted by Gasteiger charge is 2.10. The van der Waals surface area contributed by atoms with E-state index in [1.54, 1.807) is 0 Å². The van der Waals surface area contributed by atoms with E-state index in [9.17, 15) is 4.79 Å². The lowest BCUT2D eigenvalue weighted by atomic mass is 10.1. The molecule has 0 unspecified atom stereocenters. The summed E-state index contributed by atoms with van der Waals surface area (Å²) in [4.78, 5) is 16.6. The van der Waals surface area contributed by atoms with Gasteiger partial charge in [0.05, 0.1) is 26.3 Å². The second-order valence-corrected chi connectivity index (χ2v) is 4.71. The van der Waals surface area contributed by atoms with Crippen molar-refractivity contribution in [2.24, 2.45) is 0 Å². The Balaban J connectivity index is 3.51. The Bertz CT molecular complexity index is 206. The van der Waals surface area contributed by atoms with Crippen LogP contribution < -0.4 is 0 Å². The topological polar surface area (TPSA) is 70.0 Å². The van der Waals surface area contributed by atoms with Gasteiger partial charge in [-0.1, -0.05) is 45.4 Å². The van der Waals surface area contributed by atoms with Gasteiger partial charge in [0, 0.05) is 6.42 Å². The van der Waals surface area contributed by atoms with Crippen molar-refractivity contribution < 1.29 is 19.8 Å². The lowest BCUT2D eigenvalue weighted by Crippen LogP contribution is -2.32. The van der Waals surface area contributed by atoms with E-state index in [2.05, 4.69) is 6.92 Å². The summed E-state index contributed by atoms with van der Waals surface area (Å²) in [5.74, 6) is -0.282. The van der Waals surface area contributed by atoms with E-state index in [1.807, 2.05) is 0 Å². The van der Waals surface area contributed by atoms with Crippen LogP contribution in [0.15, 0.2) is 0 Å². The van der Waals surface area contributed by atoms with Gasteiger partial charge < -0.3 is 15.1 Å². The maximum atomic E-state index is 11.5. The summed E-state index contributed by atoms with van der Waals surface area (Å²) in [5.41, 5.74) is 0. The first kappa shape index (κ1) is 18.4. The zero-order valence-corrected chi connectivity index (χ0v) is 12.1. The maximum Gasteiger partial charge on any atom is 0.325 e. The minimum absolute atomic E-state index is 0.0926. The fourth-order valence-corrected chi connectivity index (χ4v) is 1.84. The SMILES string of the molecule is CCCCCCCCCC(=O)ON(CCO)CCO. The molecule has 0 rings (SSSR count). The van der Waals surface area contributed by atoms with Gasteiger partial charge in [0.1, 0.15) is 0 Å². The number of hydrogen-bond acceptors (Lipinski definition) is 5. The van der Waals surface area contributed by atoms with Crippen molar-refractivity contribution in [2.75, 3.05) is 26.3 Å². The zero-order valence-electron chi connectivity index (χ0n) is 12.1. The number of aliphatic hydroxyl groups is 2. The second-order valence-electron chi connectivity index (χ2n) is 4.71. The minimum atomic E-state index is -0.282. The average Bonchev–Trinajstić information content (AvgIpc) is 2.38. The number of hydrogen-bond donors (Lipinski definition) is 2. The number of carbonyl (C=O) groups excluding carboxylic acids is 1. The van der Waals surface area contributed by atoms with Gasteiger partial charge in [-0.25, -0.2) is 0 Å². The van der Waals surface area contributed by atoms with Crippen molar-refractivity contribution >= 4 is 5.97 Å². The molecular weight excluding hydrogens is 246 g/mol. The first-order valence-corrected chi connectivity index (χ1v) is 7.42. The lowest BCUT2D eigenvalue weighted by molar-refractivity contribution is -0.194. The molecule has 0 bridgehead atoms. The molecule has 5 heteroatoms. The Morgan fingerprint density at radius 2 is 1.47 bits per heavy atom. The molecule has 0 aliphatic rings. The van der Waals surface area contributed by atoms with Crippen LogP contribution >= 0.6 is 0 Å². The Morgan fingerprint density at radius 1 is 0.947 bits per heavy atom. The fraction of sp³-hybridized carbons (Fsp3) is 0.929. The van der Waals surface area contributed by atoms with Crippen LogP contribution in [0, 0.1) is 0 Å². The van der Waals surface area contributed by atoms with Crippen molar-refractivity contribution in [3.8, 4) is 0 Å². The molecule has 114 valence electrons. The van der Waals surface area contributed by atoms with Crippen LogP contribution in [-0.4, -0.2) is 47.5 Å². The predicted molar refractivity (Wildman–Crippen MR) is 74.4 cm³/mol. The molecule has 0 saturated carbocycles. The molecule has 5 nitrogen and oxygen atoms in total. The molecule has 0 saturated heterocycles. The van der Waals surface area contributed by atoms with Gasteiger partial charge in [-0.15, -0.1) is 5.06 Å². The van der Waals surface area contributed by atoms with Crippen LogP contribution in [0.1, 0.15) is 58.3 Å². The van der Waals surface area contributed by atoms with Gasteiger partial charge in [-0.2, -0.15) is 0 Å². The summed E-state index contributed by atoms with van der Waals surface area (Å²) in [6.45, 7) is 2.49. The van der Waals surface area contributed by atoms with Crippen LogP contribution in [0.3, 0.4) is 0 Å². The Labute approximate surface area is 116 Å². The Morgan fingerprint density at radius 3 is 2.00 bits per heavy atom. The third-order valence-electron chi connectivity index (χ3n) is 2.91. The van der Waals surface area contributed by atoms with Gasteiger partial charge in [0.15, 0.2) is 0 Å². The summed E-state index contributed by atoms with van der Waals surface area (Å²) in [7, 11) is 0. The minimum Gasteiger partial charge on any atom is -0.395 e. The lowest BCUT2D eigenvalue weighted by Gasteiger charge is -2.18. The monoisotopic (exact) mass is 275 g/mol. The molecule has 0 aromatic rings. The number of nitrogens with zero attached hydrogens (tertiary/aromatic N) is 1. The van der Waals surface area contributed by atoms with Gasteiger partial charge in [-0.3, -0.25) is 4.79 Å². The molecule has 0 aromatic heterocycles. The number of aliphatic hydroxyl groups excluding tert-OH is 2. The van der Waals surface area contributed by atoms with E-state index < -0.39 is 0 Å². The predicted octanol–water partition coefficient (Wildman–Crippen LogP) is 1.87. The van der Waals surface area contributed by atoms with Crippen LogP contribution in [-0.2, 0) is 9.63 Å². The standard InChI is InChI=1S/C14H29NO4/c1-2-3-4-5-6-7-8-9-14(18)19-15(10-12-16)11-13-17/h16-17H,2-13H2,1H3. The van der Waals surface area contributed by atoms with Gasteiger partial charge >= 0.3 is 5.97 Å². The molecule has 19 heavy (non-hydrogen) atoms. The largest absolute Gasteiger partial charge is 0.395 e. The second kappa shape index (κ2) is 13.8. The maximum absolute atomic E-state index is 11.5. The molecule has 2 N–H and O–H groups in total. The van der Waals surface area contributed by atoms with Crippen LogP contribution in [0.25, 0.3) is 0 Å². The molecule has 0 spiro atoms. The van der Waals surface area contributed by atoms with Crippen LogP contribution in [0.2, 0.25) is 0 Å². The summed E-state index contributed by atoms with van der Waals surface area (Å²) in [6, 6.07) is 0. The van der Waals surface area contributed by atoms with Gasteiger partial charge in [-0.05, 0) is 6.42 Å². The Kier molecular flexibility index (Phi) is 13.3. The van der Waals surface area contributed by atoms with E-state index in [-0.39, 0.29) is 32.3 Å². The Hall–Kier alpha value is -0.650. The van der Waals surface area contributed by atoms with Crippen molar-refractivity contribution in [1.82, 2.24) is 5.06 Å². The normalized spacial score (nSPS) is 10.9. The summed E-state index contributed by atoms with van der Waals surface area (Å²) in [5, 5.41) is 18.9. The third-order valence-corrected chi connectivity index (χ3v) is 2.91. The number of rotatable bonds is 13. The van der Waals surface area contributed by atoms with Gasteiger partial charge in [0.2, 0.25) is 0 Å². The zero-order chi connectivity index (χ0) is 14.3. The molecular formula is C14H29NO4. The van der Waals surface area contributed by atoms with E-state index in [4.69, 9.17) is 15.1 Å². The quantitative estimate of drug-likeness (QED) is 0.397. The highest BCUT2D eigenvalue weighted by Crippen LogP contribution is 2.09. The fourth-order valence-electron chi connectivity index (χ4n) is 1.84.